The number of benzene rings is 1. The van der Waals surface area contributed by atoms with Crippen LogP contribution >= 0.6 is 0 Å². The number of fused-ring (bicyclic) bond motifs is 3. The van der Waals surface area contributed by atoms with Gasteiger partial charge in [0.05, 0.1) is 11.1 Å². The fourth-order valence-electron chi connectivity index (χ4n) is 2.65. The molecule has 2 aromatic rings. The molecule has 0 saturated heterocycles. The molecule has 6 nitrogen and oxygen atoms in total. The SMILES string of the molecule is Nc1ccc2c(c1)C(=O)C1(O2)C(=O)Nc2ncccc21. The molecule has 0 fully saturated rings. The minimum Gasteiger partial charge on any atom is -0.463 e. The molecule has 1 amide bonds. The third kappa shape index (κ3) is 1.11. The topological polar surface area (TPSA) is 94.3 Å². The number of nitrogen functional groups attached to an aromatic ring is 1. The lowest BCUT2D eigenvalue weighted by atomic mass is 9.90. The molecule has 0 radical (unpaired) electrons. The van der Waals surface area contributed by atoms with E-state index in [1.165, 1.54) is 6.07 Å². The molecule has 1 unspecified atom stereocenters. The number of amides is 1. The van der Waals surface area contributed by atoms with Gasteiger partial charge in [-0.15, -0.1) is 0 Å². The Morgan fingerprint density at radius 2 is 2.10 bits per heavy atom. The van der Waals surface area contributed by atoms with Gasteiger partial charge < -0.3 is 15.8 Å². The molecule has 4 rings (SSSR count). The Morgan fingerprint density at radius 1 is 1.25 bits per heavy atom. The van der Waals surface area contributed by atoms with E-state index in [0.29, 0.717) is 28.4 Å². The van der Waals surface area contributed by atoms with Gasteiger partial charge in [0.2, 0.25) is 5.78 Å². The maximum atomic E-state index is 12.7. The number of anilines is 2. The van der Waals surface area contributed by atoms with Crippen LogP contribution in [0.4, 0.5) is 11.5 Å². The minimum atomic E-state index is -1.67. The van der Waals surface area contributed by atoms with E-state index in [1.807, 2.05) is 0 Å². The Bertz CT molecular complexity index is 787. The van der Waals surface area contributed by atoms with Gasteiger partial charge in [-0.1, -0.05) is 0 Å². The number of carbonyl (C=O) groups excluding carboxylic acids is 2. The number of aromatic nitrogens is 1. The molecule has 0 bridgehead atoms. The largest absolute Gasteiger partial charge is 0.463 e. The lowest BCUT2D eigenvalue weighted by Crippen LogP contribution is -2.43. The molecule has 3 N–H and O–H groups in total. The first-order valence-electron chi connectivity index (χ1n) is 6.03. The second-order valence-electron chi connectivity index (χ2n) is 4.72. The number of ether oxygens (including phenoxy) is 1. The van der Waals surface area contributed by atoms with Gasteiger partial charge in [-0.3, -0.25) is 9.59 Å². The second-order valence-corrected chi connectivity index (χ2v) is 4.72. The summed E-state index contributed by atoms with van der Waals surface area (Å²) in [4.78, 5) is 29.0. The van der Waals surface area contributed by atoms with Gasteiger partial charge in [-0.2, -0.15) is 0 Å². The number of nitrogens with two attached hydrogens (primary N) is 1. The fraction of sp³-hybridized carbons (Fsp3) is 0.0714. The van der Waals surface area contributed by atoms with Crippen molar-refractivity contribution < 1.29 is 14.3 Å². The lowest BCUT2D eigenvalue weighted by Gasteiger charge is -2.18. The Hall–Kier alpha value is -2.89. The minimum absolute atomic E-state index is 0.317. The molecule has 1 aromatic carbocycles. The molecular formula is C14H9N3O3. The number of pyridine rings is 1. The van der Waals surface area contributed by atoms with Crippen molar-refractivity contribution in [2.24, 2.45) is 0 Å². The lowest BCUT2D eigenvalue weighted by molar-refractivity contribution is -0.126. The Kier molecular flexibility index (Phi) is 1.84. The number of ketones is 1. The van der Waals surface area contributed by atoms with E-state index in [-0.39, 0.29) is 0 Å². The highest BCUT2D eigenvalue weighted by molar-refractivity contribution is 6.26. The third-order valence-corrected chi connectivity index (χ3v) is 3.57. The van der Waals surface area contributed by atoms with E-state index in [0.717, 1.165) is 0 Å². The Labute approximate surface area is 113 Å². The summed E-state index contributed by atoms with van der Waals surface area (Å²) in [5, 5.41) is 2.58. The predicted octanol–water partition coefficient (Wildman–Crippen LogP) is 1.09. The molecule has 2 aliphatic rings. The molecule has 1 spiro atoms. The van der Waals surface area contributed by atoms with E-state index < -0.39 is 17.3 Å². The van der Waals surface area contributed by atoms with Crippen molar-refractivity contribution in [3.8, 4) is 5.75 Å². The first-order valence-corrected chi connectivity index (χ1v) is 6.03. The van der Waals surface area contributed by atoms with Gasteiger partial charge in [-0.05, 0) is 30.3 Å². The van der Waals surface area contributed by atoms with Crippen LogP contribution in [-0.2, 0) is 10.4 Å². The molecule has 1 atom stereocenters. The summed E-state index contributed by atoms with van der Waals surface area (Å²) in [5.41, 5.74) is 5.22. The van der Waals surface area contributed by atoms with E-state index in [4.69, 9.17) is 10.5 Å². The van der Waals surface area contributed by atoms with Crippen LogP contribution in [0.25, 0.3) is 0 Å². The fourth-order valence-corrected chi connectivity index (χ4v) is 2.65. The van der Waals surface area contributed by atoms with Crippen molar-refractivity contribution >= 4 is 23.2 Å². The van der Waals surface area contributed by atoms with E-state index in [9.17, 15) is 9.59 Å². The molecular weight excluding hydrogens is 258 g/mol. The summed E-state index contributed by atoms with van der Waals surface area (Å²) in [7, 11) is 0. The van der Waals surface area contributed by atoms with Crippen LogP contribution in [0.1, 0.15) is 15.9 Å². The third-order valence-electron chi connectivity index (χ3n) is 3.57. The van der Waals surface area contributed by atoms with Crippen LogP contribution in [0.2, 0.25) is 0 Å². The van der Waals surface area contributed by atoms with Crippen molar-refractivity contribution in [1.29, 1.82) is 0 Å². The van der Waals surface area contributed by atoms with E-state index in [2.05, 4.69) is 10.3 Å². The maximum Gasteiger partial charge on any atom is 0.282 e. The van der Waals surface area contributed by atoms with Gasteiger partial charge in [0.15, 0.2) is 0 Å². The van der Waals surface area contributed by atoms with Crippen molar-refractivity contribution in [3.63, 3.8) is 0 Å². The Balaban J connectivity index is 1.97. The maximum absolute atomic E-state index is 12.7. The zero-order chi connectivity index (χ0) is 13.9. The Morgan fingerprint density at radius 3 is 2.95 bits per heavy atom. The summed E-state index contributed by atoms with van der Waals surface area (Å²) >= 11 is 0. The second kappa shape index (κ2) is 3.36. The van der Waals surface area contributed by atoms with Crippen LogP contribution in [0.5, 0.6) is 5.75 Å². The van der Waals surface area contributed by atoms with Crippen LogP contribution in [0, 0.1) is 0 Å². The van der Waals surface area contributed by atoms with Gasteiger partial charge in [0.1, 0.15) is 11.6 Å². The standard InChI is InChI=1S/C14H9N3O3/c15-7-3-4-10-8(6-7)11(18)14(20-10)9-2-1-5-16-12(9)17-13(14)19/h1-6H,15H2,(H,16,17,19). The average molecular weight is 267 g/mol. The van der Waals surface area contributed by atoms with Gasteiger partial charge in [0, 0.05) is 11.9 Å². The van der Waals surface area contributed by atoms with Gasteiger partial charge in [0.25, 0.3) is 11.5 Å². The molecule has 20 heavy (non-hydrogen) atoms. The van der Waals surface area contributed by atoms with Crippen molar-refractivity contribution in [1.82, 2.24) is 4.98 Å². The van der Waals surface area contributed by atoms with Crippen molar-refractivity contribution in [2.45, 2.75) is 5.60 Å². The number of nitrogens with one attached hydrogen (secondary N) is 1. The predicted molar refractivity (Wildman–Crippen MR) is 70.4 cm³/mol. The van der Waals surface area contributed by atoms with Crippen LogP contribution in [0.3, 0.4) is 0 Å². The van der Waals surface area contributed by atoms with Crippen LogP contribution in [-0.4, -0.2) is 16.7 Å². The quantitative estimate of drug-likeness (QED) is 0.550. The number of carbonyl (C=O) groups is 2. The molecule has 6 heteroatoms. The normalized spacial score (nSPS) is 22.4. The van der Waals surface area contributed by atoms with Crippen LogP contribution in [0.15, 0.2) is 36.5 Å². The molecule has 2 aliphatic heterocycles. The first kappa shape index (κ1) is 11.0. The highest BCUT2D eigenvalue weighted by Crippen LogP contribution is 2.47. The van der Waals surface area contributed by atoms with Gasteiger partial charge >= 0.3 is 0 Å². The molecule has 1 aromatic heterocycles. The monoisotopic (exact) mass is 267 g/mol. The number of Topliss-reactive ketones (excluding diaryl/α,β-unsaturated/α-hetero) is 1. The molecule has 0 saturated carbocycles. The average Bonchev–Trinajstić information content (AvgIpc) is 2.89. The summed E-state index contributed by atoms with van der Waals surface area (Å²) in [6.45, 7) is 0. The smallest absolute Gasteiger partial charge is 0.282 e. The molecule has 3 heterocycles. The number of rotatable bonds is 0. The van der Waals surface area contributed by atoms with Gasteiger partial charge in [-0.25, -0.2) is 4.98 Å². The summed E-state index contributed by atoms with van der Waals surface area (Å²) in [6, 6.07) is 8.07. The summed E-state index contributed by atoms with van der Waals surface area (Å²) < 4.78 is 5.70. The van der Waals surface area contributed by atoms with Crippen molar-refractivity contribution in [3.05, 3.63) is 47.7 Å². The van der Waals surface area contributed by atoms with Crippen molar-refractivity contribution in [2.75, 3.05) is 11.1 Å². The number of hydrogen-bond donors (Lipinski definition) is 2. The molecule has 98 valence electrons. The van der Waals surface area contributed by atoms with Crippen LogP contribution < -0.4 is 15.8 Å². The highest BCUT2D eigenvalue weighted by atomic mass is 16.5. The summed E-state index contributed by atoms with van der Waals surface area (Å²) in [5.74, 6) is -0.224. The highest BCUT2D eigenvalue weighted by Gasteiger charge is 2.60. The van der Waals surface area contributed by atoms with E-state index >= 15 is 0 Å². The zero-order valence-electron chi connectivity index (χ0n) is 10.2. The molecule has 0 aliphatic carbocycles. The number of nitrogens with zero attached hydrogens (tertiary/aromatic N) is 1. The summed E-state index contributed by atoms with van der Waals surface area (Å²) in [6.07, 6.45) is 1.54. The van der Waals surface area contributed by atoms with E-state index in [1.54, 1.807) is 30.5 Å². The zero-order valence-corrected chi connectivity index (χ0v) is 10.2. The number of hydrogen-bond acceptors (Lipinski definition) is 5. The first-order chi connectivity index (χ1) is 9.63.